The molecule has 138 valence electrons. The number of nitrogens with zero attached hydrogens (tertiary/aromatic N) is 2. The highest BCUT2D eigenvalue weighted by atomic mass is 16.2. The molecular formula is C24H21N3O. The topological polar surface area (TPSA) is 49.0 Å². The fourth-order valence-electron chi connectivity index (χ4n) is 3.92. The van der Waals surface area contributed by atoms with Gasteiger partial charge in [-0.05, 0) is 36.6 Å². The van der Waals surface area contributed by atoms with E-state index in [1.54, 1.807) is 0 Å². The van der Waals surface area contributed by atoms with Crippen LogP contribution in [0.15, 0.2) is 66.7 Å². The molecule has 1 N–H and O–H groups in total. The number of aromatic nitrogens is 2. The first-order chi connectivity index (χ1) is 13.7. The number of aryl methyl sites for hydroxylation is 1. The summed E-state index contributed by atoms with van der Waals surface area (Å²) in [5, 5.41) is 2.10. The van der Waals surface area contributed by atoms with E-state index in [4.69, 9.17) is 4.98 Å². The molecule has 0 saturated heterocycles. The van der Waals surface area contributed by atoms with E-state index >= 15 is 0 Å². The molecule has 0 saturated carbocycles. The van der Waals surface area contributed by atoms with Gasteiger partial charge in [-0.15, -0.1) is 0 Å². The Balaban J connectivity index is 1.44. The Bertz CT molecular complexity index is 1220. The van der Waals surface area contributed by atoms with Crippen molar-refractivity contribution in [3.05, 3.63) is 83.7 Å². The van der Waals surface area contributed by atoms with Crippen LogP contribution < -0.4 is 0 Å². The number of pyridine rings is 1. The van der Waals surface area contributed by atoms with E-state index in [0.717, 1.165) is 40.5 Å². The van der Waals surface area contributed by atoms with Crippen molar-refractivity contribution in [1.82, 2.24) is 14.9 Å². The Kier molecular flexibility index (Phi) is 3.97. The Morgan fingerprint density at radius 2 is 1.82 bits per heavy atom. The van der Waals surface area contributed by atoms with Gasteiger partial charge in [-0.3, -0.25) is 4.79 Å². The number of nitrogens with one attached hydrogen (secondary N) is 1. The third-order valence-electron chi connectivity index (χ3n) is 5.46. The van der Waals surface area contributed by atoms with Crippen LogP contribution in [-0.4, -0.2) is 33.9 Å². The summed E-state index contributed by atoms with van der Waals surface area (Å²) in [6.07, 6.45) is 3.03. The van der Waals surface area contributed by atoms with Crippen molar-refractivity contribution < 1.29 is 4.79 Å². The van der Waals surface area contributed by atoms with Gasteiger partial charge in [0.2, 0.25) is 0 Å². The maximum absolute atomic E-state index is 13.0. The Hall–Kier alpha value is -3.40. The minimum absolute atomic E-state index is 0.000338. The van der Waals surface area contributed by atoms with Crippen molar-refractivity contribution in [2.45, 2.75) is 13.3 Å². The standard InChI is InChI=1S/C24H21N3O/c1-16-7-8-19-9-10-20-15-21(26-23(20)22(19)25-16)24(28)27-13-11-18(12-14-27)17-5-3-2-4-6-17/h2-11,15,25H,12-14H2,1H3. The predicted octanol–water partition coefficient (Wildman–Crippen LogP) is 4.95. The summed E-state index contributed by atoms with van der Waals surface area (Å²) in [6, 6.07) is 20.5. The first-order valence-electron chi connectivity index (χ1n) is 9.62. The van der Waals surface area contributed by atoms with Gasteiger partial charge in [-0.1, -0.05) is 54.6 Å². The molecule has 0 spiro atoms. The van der Waals surface area contributed by atoms with Gasteiger partial charge < -0.3 is 9.88 Å². The molecule has 0 atom stereocenters. The molecular weight excluding hydrogens is 346 g/mol. The van der Waals surface area contributed by atoms with Crippen molar-refractivity contribution in [2.24, 2.45) is 0 Å². The molecule has 3 heterocycles. The average molecular weight is 367 g/mol. The van der Waals surface area contributed by atoms with Crippen LogP contribution in [0.2, 0.25) is 0 Å². The smallest absolute Gasteiger partial charge is 0.272 e. The molecule has 0 fully saturated rings. The second-order valence-electron chi connectivity index (χ2n) is 7.35. The van der Waals surface area contributed by atoms with Crippen LogP contribution in [0, 0.1) is 6.92 Å². The van der Waals surface area contributed by atoms with Crippen molar-refractivity contribution in [3.63, 3.8) is 0 Å². The normalized spacial score (nSPS) is 14.5. The van der Waals surface area contributed by atoms with Crippen molar-refractivity contribution >= 4 is 33.3 Å². The number of carbonyl (C=O) groups is 1. The lowest BCUT2D eigenvalue weighted by molar-refractivity contribution is 0.0768. The fourth-order valence-corrected chi connectivity index (χ4v) is 3.92. The van der Waals surface area contributed by atoms with Crippen molar-refractivity contribution in [1.29, 1.82) is 0 Å². The van der Waals surface area contributed by atoms with Gasteiger partial charge in [-0.2, -0.15) is 0 Å². The van der Waals surface area contributed by atoms with Gasteiger partial charge >= 0.3 is 0 Å². The van der Waals surface area contributed by atoms with Crippen LogP contribution in [0.5, 0.6) is 0 Å². The van der Waals surface area contributed by atoms with E-state index in [1.807, 2.05) is 36.1 Å². The minimum atomic E-state index is 0.000338. The monoisotopic (exact) mass is 367 g/mol. The molecule has 1 aliphatic heterocycles. The van der Waals surface area contributed by atoms with Crippen LogP contribution in [0.25, 0.3) is 27.4 Å². The highest BCUT2D eigenvalue weighted by molar-refractivity contribution is 6.07. The van der Waals surface area contributed by atoms with Crippen LogP contribution in [0.1, 0.15) is 28.2 Å². The van der Waals surface area contributed by atoms with Crippen LogP contribution in [0.3, 0.4) is 0 Å². The van der Waals surface area contributed by atoms with Gasteiger partial charge in [-0.25, -0.2) is 4.98 Å². The molecule has 0 bridgehead atoms. The number of hydrogen-bond donors (Lipinski definition) is 1. The number of carbonyl (C=O) groups excluding carboxylic acids is 1. The van der Waals surface area contributed by atoms with E-state index in [-0.39, 0.29) is 5.91 Å². The molecule has 0 aliphatic carbocycles. The van der Waals surface area contributed by atoms with Gasteiger partial charge in [0.05, 0.1) is 11.0 Å². The molecule has 5 rings (SSSR count). The molecule has 1 amide bonds. The van der Waals surface area contributed by atoms with E-state index in [0.29, 0.717) is 12.2 Å². The summed E-state index contributed by atoms with van der Waals surface area (Å²) in [5.41, 5.74) is 5.99. The van der Waals surface area contributed by atoms with E-state index in [1.165, 1.54) is 11.1 Å². The van der Waals surface area contributed by atoms with Gasteiger partial charge in [0.1, 0.15) is 5.69 Å². The molecule has 4 heteroatoms. The summed E-state index contributed by atoms with van der Waals surface area (Å²) >= 11 is 0. The zero-order valence-corrected chi connectivity index (χ0v) is 15.8. The Labute approximate surface area is 163 Å². The summed E-state index contributed by atoms with van der Waals surface area (Å²) in [5.74, 6) is 0.000338. The number of rotatable bonds is 2. The molecule has 0 unspecified atom stereocenters. The van der Waals surface area contributed by atoms with Gasteiger partial charge in [0.25, 0.3) is 5.91 Å². The van der Waals surface area contributed by atoms with Gasteiger partial charge in [0.15, 0.2) is 0 Å². The second kappa shape index (κ2) is 6.64. The largest absolute Gasteiger partial charge is 0.357 e. The number of H-pyrrole nitrogens is 1. The zero-order chi connectivity index (χ0) is 19.1. The highest BCUT2D eigenvalue weighted by Crippen LogP contribution is 2.27. The molecule has 2 aromatic carbocycles. The minimum Gasteiger partial charge on any atom is -0.357 e. The van der Waals surface area contributed by atoms with Crippen molar-refractivity contribution in [3.8, 4) is 0 Å². The number of aromatic amines is 1. The third kappa shape index (κ3) is 2.87. The lowest BCUT2D eigenvalue weighted by atomic mass is 9.99. The quantitative estimate of drug-likeness (QED) is 0.545. The molecule has 0 radical (unpaired) electrons. The number of benzene rings is 2. The summed E-state index contributed by atoms with van der Waals surface area (Å²) in [6.45, 7) is 3.37. The van der Waals surface area contributed by atoms with Gasteiger partial charge in [0, 0.05) is 29.6 Å². The third-order valence-corrected chi connectivity index (χ3v) is 5.46. The van der Waals surface area contributed by atoms with Crippen molar-refractivity contribution in [2.75, 3.05) is 13.1 Å². The van der Waals surface area contributed by atoms with E-state index in [9.17, 15) is 4.79 Å². The number of amides is 1. The van der Waals surface area contributed by atoms with Crippen LogP contribution >= 0.6 is 0 Å². The summed E-state index contributed by atoms with van der Waals surface area (Å²) in [4.78, 5) is 23.0. The van der Waals surface area contributed by atoms with Crippen LogP contribution in [-0.2, 0) is 0 Å². The average Bonchev–Trinajstić information content (AvgIpc) is 3.19. The van der Waals surface area contributed by atoms with Crippen LogP contribution in [0.4, 0.5) is 0 Å². The summed E-state index contributed by atoms with van der Waals surface area (Å²) < 4.78 is 0. The molecule has 28 heavy (non-hydrogen) atoms. The molecule has 1 aliphatic rings. The van der Waals surface area contributed by atoms with E-state index < -0.39 is 0 Å². The fraction of sp³-hybridized carbons (Fsp3) is 0.167. The number of fused-ring (bicyclic) bond motifs is 3. The lowest BCUT2D eigenvalue weighted by Crippen LogP contribution is -2.34. The first-order valence-corrected chi connectivity index (χ1v) is 9.62. The summed E-state index contributed by atoms with van der Waals surface area (Å²) in [7, 11) is 0. The Morgan fingerprint density at radius 1 is 1.04 bits per heavy atom. The number of hydrogen-bond acceptors (Lipinski definition) is 2. The predicted molar refractivity (Wildman–Crippen MR) is 113 cm³/mol. The first kappa shape index (κ1) is 16.8. The molecule has 4 aromatic rings. The SMILES string of the molecule is Cc1ccc2ccc3cc(C(=O)N4CC=C(c5ccccc5)CC4)nc3c2[nH]1. The second-order valence-corrected chi connectivity index (χ2v) is 7.35. The Morgan fingerprint density at radius 3 is 2.61 bits per heavy atom. The highest BCUT2D eigenvalue weighted by Gasteiger charge is 2.22. The maximum atomic E-state index is 13.0. The lowest BCUT2D eigenvalue weighted by Gasteiger charge is -2.26. The van der Waals surface area contributed by atoms with E-state index in [2.05, 4.69) is 47.5 Å². The maximum Gasteiger partial charge on any atom is 0.272 e. The zero-order valence-electron chi connectivity index (χ0n) is 15.8. The molecule has 4 nitrogen and oxygen atoms in total. The molecule has 2 aromatic heterocycles.